The molecule has 0 unspecified atom stereocenters. The summed E-state index contributed by atoms with van der Waals surface area (Å²) in [5.74, 6) is 0.663. The van der Waals surface area contributed by atoms with Gasteiger partial charge in [-0.2, -0.15) is 5.10 Å². The number of halogens is 1. The number of benzene rings is 1. The molecule has 72 valence electrons. The van der Waals surface area contributed by atoms with Gasteiger partial charge in [0.1, 0.15) is 5.82 Å². The molecule has 3 nitrogen and oxygen atoms in total. The van der Waals surface area contributed by atoms with Crippen molar-refractivity contribution in [3.63, 3.8) is 0 Å². The van der Waals surface area contributed by atoms with Crippen molar-refractivity contribution in [2.45, 2.75) is 0 Å². The summed E-state index contributed by atoms with van der Waals surface area (Å²) >= 11 is 3.48. The molecule has 0 bridgehead atoms. The topological polar surface area (TPSA) is 43.8 Å². The number of nitrogens with zero attached hydrogens (tertiary/aromatic N) is 2. The molecule has 0 aliphatic carbocycles. The second-order valence-electron chi connectivity index (χ2n) is 3.06. The molecule has 2 N–H and O–H groups in total. The van der Waals surface area contributed by atoms with Gasteiger partial charge in [0.05, 0.1) is 5.69 Å². The molecular formula is C10H10BrN3. The van der Waals surface area contributed by atoms with Gasteiger partial charge in [0.2, 0.25) is 0 Å². The maximum absolute atomic E-state index is 5.71. The van der Waals surface area contributed by atoms with E-state index in [1.54, 1.807) is 4.68 Å². The van der Waals surface area contributed by atoms with Gasteiger partial charge in [-0.15, -0.1) is 0 Å². The first-order chi connectivity index (χ1) is 6.68. The molecule has 1 heterocycles. The molecule has 0 atom stereocenters. The minimum atomic E-state index is 0.663. The van der Waals surface area contributed by atoms with Gasteiger partial charge in [0.15, 0.2) is 0 Å². The van der Waals surface area contributed by atoms with Crippen molar-refractivity contribution >= 4 is 21.7 Å². The first kappa shape index (κ1) is 9.27. The predicted octanol–water partition coefficient (Wildman–Crippen LogP) is 2.43. The van der Waals surface area contributed by atoms with Crippen LogP contribution in [0.1, 0.15) is 0 Å². The van der Waals surface area contributed by atoms with Gasteiger partial charge in [0.25, 0.3) is 0 Å². The Morgan fingerprint density at radius 3 is 2.64 bits per heavy atom. The summed E-state index contributed by atoms with van der Waals surface area (Å²) in [5.41, 5.74) is 7.66. The zero-order valence-electron chi connectivity index (χ0n) is 7.74. The monoisotopic (exact) mass is 251 g/mol. The average molecular weight is 252 g/mol. The molecule has 4 heteroatoms. The maximum Gasteiger partial charge on any atom is 0.121 e. The maximum atomic E-state index is 5.71. The fourth-order valence-electron chi connectivity index (χ4n) is 1.28. The molecule has 2 aromatic rings. The van der Waals surface area contributed by atoms with Crippen molar-refractivity contribution in [1.29, 1.82) is 0 Å². The normalized spacial score (nSPS) is 10.4. The summed E-state index contributed by atoms with van der Waals surface area (Å²) in [6.07, 6.45) is 0. The van der Waals surface area contributed by atoms with Gasteiger partial charge < -0.3 is 5.73 Å². The molecule has 14 heavy (non-hydrogen) atoms. The zero-order chi connectivity index (χ0) is 10.1. The van der Waals surface area contributed by atoms with Crippen molar-refractivity contribution in [1.82, 2.24) is 9.78 Å². The Bertz CT molecular complexity index is 443. The Balaban J connectivity index is 2.55. The molecule has 0 saturated heterocycles. The number of hydrogen-bond acceptors (Lipinski definition) is 2. The quantitative estimate of drug-likeness (QED) is 0.847. The van der Waals surface area contributed by atoms with Gasteiger partial charge in [-0.05, 0) is 6.07 Å². The van der Waals surface area contributed by atoms with Crippen LogP contribution >= 0.6 is 15.9 Å². The van der Waals surface area contributed by atoms with Crippen LogP contribution in [-0.4, -0.2) is 9.78 Å². The largest absolute Gasteiger partial charge is 0.384 e. The molecule has 1 aromatic heterocycles. The molecule has 0 aliphatic rings. The molecule has 1 aromatic carbocycles. The van der Waals surface area contributed by atoms with E-state index < -0.39 is 0 Å². The summed E-state index contributed by atoms with van der Waals surface area (Å²) in [6, 6.07) is 9.80. The predicted molar refractivity (Wildman–Crippen MR) is 60.8 cm³/mol. The second kappa shape index (κ2) is 3.46. The first-order valence-corrected chi connectivity index (χ1v) is 5.02. The van der Waals surface area contributed by atoms with Crippen LogP contribution in [0.3, 0.4) is 0 Å². The highest BCUT2D eigenvalue weighted by Crippen LogP contribution is 2.27. The van der Waals surface area contributed by atoms with E-state index in [-0.39, 0.29) is 0 Å². The SMILES string of the molecule is Cn1nc(-c2ccccc2Br)cc1N. The lowest BCUT2D eigenvalue weighted by Gasteiger charge is -1.98. The van der Waals surface area contributed by atoms with Crippen LogP contribution < -0.4 is 5.73 Å². The molecule has 0 fully saturated rings. The third kappa shape index (κ3) is 1.53. The standard InChI is InChI=1S/C10H10BrN3/c1-14-10(12)6-9(13-14)7-4-2-3-5-8(7)11/h2-6H,12H2,1H3. The fourth-order valence-corrected chi connectivity index (χ4v) is 1.77. The summed E-state index contributed by atoms with van der Waals surface area (Å²) < 4.78 is 2.69. The highest BCUT2D eigenvalue weighted by Gasteiger charge is 2.06. The molecule has 0 spiro atoms. The second-order valence-corrected chi connectivity index (χ2v) is 3.91. The van der Waals surface area contributed by atoms with Gasteiger partial charge in [-0.1, -0.05) is 34.1 Å². The van der Waals surface area contributed by atoms with E-state index in [0.717, 1.165) is 15.7 Å². The van der Waals surface area contributed by atoms with Gasteiger partial charge in [0, 0.05) is 23.2 Å². The lowest BCUT2D eigenvalue weighted by molar-refractivity contribution is 0.782. The average Bonchev–Trinajstić information content (AvgIpc) is 2.48. The van der Waals surface area contributed by atoms with E-state index in [4.69, 9.17) is 5.73 Å². The summed E-state index contributed by atoms with van der Waals surface area (Å²) in [5, 5.41) is 4.30. The van der Waals surface area contributed by atoms with Crippen LogP contribution in [0.2, 0.25) is 0 Å². The first-order valence-electron chi connectivity index (χ1n) is 4.23. The number of aryl methyl sites for hydroxylation is 1. The Morgan fingerprint density at radius 1 is 1.36 bits per heavy atom. The Hall–Kier alpha value is -1.29. The van der Waals surface area contributed by atoms with E-state index in [1.807, 2.05) is 37.4 Å². The highest BCUT2D eigenvalue weighted by molar-refractivity contribution is 9.10. The number of aromatic nitrogens is 2. The van der Waals surface area contributed by atoms with Crippen LogP contribution in [-0.2, 0) is 7.05 Å². The third-order valence-electron chi connectivity index (χ3n) is 2.07. The highest BCUT2D eigenvalue weighted by atomic mass is 79.9. The van der Waals surface area contributed by atoms with Crippen LogP contribution in [0, 0.1) is 0 Å². The van der Waals surface area contributed by atoms with Crippen molar-refractivity contribution in [2.75, 3.05) is 5.73 Å². The molecule has 0 amide bonds. The number of anilines is 1. The van der Waals surface area contributed by atoms with E-state index in [2.05, 4.69) is 21.0 Å². The Kier molecular flexibility index (Phi) is 2.29. The van der Waals surface area contributed by atoms with Crippen LogP contribution in [0.25, 0.3) is 11.3 Å². The van der Waals surface area contributed by atoms with Crippen molar-refractivity contribution in [3.05, 3.63) is 34.8 Å². The van der Waals surface area contributed by atoms with E-state index >= 15 is 0 Å². The number of nitrogen functional groups attached to an aromatic ring is 1. The molecule has 0 saturated carbocycles. The molecule has 0 aliphatic heterocycles. The zero-order valence-corrected chi connectivity index (χ0v) is 9.32. The lowest BCUT2D eigenvalue weighted by atomic mass is 10.2. The number of hydrogen-bond donors (Lipinski definition) is 1. The Labute approximate surface area is 90.7 Å². The van der Waals surface area contributed by atoms with Crippen LogP contribution in [0.15, 0.2) is 34.8 Å². The minimum absolute atomic E-state index is 0.663. The van der Waals surface area contributed by atoms with E-state index in [1.165, 1.54) is 0 Å². The fraction of sp³-hybridized carbons (Fsp3) is 0.100. The molecule has 2 rings (SSSR count). The van der Waals surface area contributed by atoms with Gasteiger partial charge >= 0.3 is 0 Å². The summed E-state index contributed by atoms with van der Waals surface area (Å²) in [6.45, 7) is 0. The van der Waals surface area contributed by atoms with Gasteiger partial charge in [-0.25, -0.2) is 0 Å². The summed E-state index contributed by atoms with van der Waals surface area (Å²) in [7, 11) is 1.83. The van der Waals surface area contributed by atoms with E-state index in [0.29, 0.717) is 5.82 Å². The molecular weight excluding hydrogens is 242 g/mol. The van der Waals surface area contributed by atoms with Crippen LogP contribution in [0.4, 0.5) is 5.82 Å². The smallest absolute Gasteiger partial charge is 0.121 e. The number of rotatable bonds is 1. The molecule has 0 radical (unpaired) electrons. The summed E-state index contributed by atoms with van der Waals surface area (Å²) in [4.78, 5) is 0. The Morgan fingerprint density at radius 2 is 2.07 bits per heavy atom. The van der Waals surface area contributed by atoms with Crippen molar-refractivity contribution in [3.8, 4) is 11.3 Å². The number of nitrogens with two attached hydrogens (primary N) is 1. The van der Waals surface area contributed by atoms with E-state index in [9.17, 15) is 0 Å². The van der Waals surface area contributed by atoms with Crippen molar-refractivity contribution in [2.24, 2.45) is 7.05 Å². The third-order valence-corrected chi connectivity index (χ3v) is 2.76. The lowest BCUT2D eigenvalue weighted by Crippen LogP contribution is -1.96. The van der Waals surface area contributed by atoms with Crippen molar-refractivity contribution < 1.29 is 0 Å². The minimum Gasteiger partial charge on any atom is -0.384 e. The van der Waals surface area contributed by atoms with Gasteiger partial charge in [-0.3, -0.25) is 4.68 Å². The van der Waals surface area contributed by atoms with Crippen LogP contribution in [0.5, 0.6) is 0 Å².